The molecule has 0 aliphatic carbocycles. The van der Waals surface area contributed by atoms with Crippen molar-refractivity contribution in [3.63, 3.8) is 0 Å². The van der Waals surface area contributed by atoms with Gasteiger partial charge in [0, 0.05) is 44.6 Å². The molecule has 0 N–H and O–H groups in total. The highest BCUT2D eigenvalue weighted by molar-refractivity contribution is 7.92. The number of halogens is 7. The standard InChI is InChI=1S/C36H37F7N2O5S/c1-23-5-4-6-24(2)31(23)21-50-34(35(38,39)40,36(41,42)43)28-9-7-27(8-10-28)33(51(48,49)30-13-11-29(37)12-14-30)17-20-45(22-33)32(47)26-15-18-44(19-16-26)25(3)46/h4-14,26H,15-22H2,1-3H3. The van der Waals surface area contributed by atoms with Crippen molar-refractivity contribution in [2.75, 3.05) is 26.2 Å². The molecule has 15 heteroatoms. The summed E-state index contributed by atoms with van der Waals surface area (Å²) in [5, 5.41) is 0. The molecule has 0 aromatic heterocycles. The van der Waals surface area contributed by atoms with Gasteiger partial charge in [0.1, 0.15) is 10.6 Å². The average molecular weight is 743 g/mol. The van der Waals surface area contributed by atoms with Gasteiger partial charge in [0.2, 0.25) is 11.8 Å². The molecule has 0 saturated carbocycles. The number of benzene rings is 3. The largest absolute Gasteiger partial charge is 0.430 e. The van der Waals surface area contributed by atoms with Gasteiger partial charge in [0.15, 0.2) is 9.84 Å². The minimum Gasteiger partial charge on any atom is -0.349 e. The van der Waals surface area contributed by atoms with Crippen LogP contribution in [0.4, 0.5) is 30.7 Å². The molecule has 0 spiro atoms. The summed E-state index contributed by atoms with van der Waals surface area (Å²) < 4.78 is 134. The highest BCUT2D eigenvalue weighted by Gasteiger charge is 2.73. The Balaban J connectivity index is 1.56. The molecule has 3 aromatic carbocycles. The second kappa shape index (κ2) is 13.9. The molecule has 2 aliphatic rings. The Kier molecular flexibility index (Phi) is 10.4. The molecule has 0 bridgehead atoms. The molecule has 7 nitrogen and oxygen atoms in total. The van der Waals surface area contributed by atoms with Gasteiger partial charge >= 0.3 is 12.4 Å². The third-order valence-corrected chi connectivity index (χ3v) is 12.7. The van der Waals surface area contributed by atoms with Gasteiger partial charge in [-0.25, -0.2) is 12.8 Å². The molecular weight excluding hydrogens is 705 g/mol. The summed E-state index contributed by atoms with van der Waals surface area (Å²) in [5.41, 5.74) is -5.22. The molecule has 2 aliphatic heterocycles. The first-order valence-electron chi connectivity index (χ1n) is 16.2. The molecule has 276 valence electrons. The van der Waals surface area contributed by atoms with E-state index >= 15 is 0 Å². The number of carbonyl (C=O) groups is 2. The zero-order valence-electron chi connectivity index (χ0n) is 28.1. The summed E-state index contributed by atoms with van der Waals surface area (Å²) in [5.74, 6) is -1.78. The Morgan fingerprint density at radius 2 is 1.37 bits per heavy atom. The van der Waals surface area contributed by atoms with Crippen LogP contribution in [0.25, 0.3) is 0 Å². The molecule has 0 radical (unpaired) electrons. The Morgan fingerprint density at radius 1 is 0.824 bits per heavy atom. The van der Waals surface area contributed by atoms with Crippen molar-refractivity contribution in [1.29, 1.82) is 0 Å². The van der Waals surface area contributed by atoms with Gasteiger partial charge in [-0.2, -0.15) is 26.3 Å². The first-order chi connectivity index (χ1) is 23.7. The molecular formula is C36H37F7N2O5S. The molecule has 2 fully saturated rings. The van der Waals surface area contributed by atoms with Crippen LogP contribution < -0.4 is 0 Å². The lowest BCUT2D eigenvalue weighted by Gasteiger charge is -2.38. The summed E-state index contributed by atoms with van der Waals surface area (Å²) in [6, 6.07) is 11.5. The van der Waals surface area contributed by atoms with E-state index in [1.54, 1.807) is 11.0 Å². The zero-order valence-corrected chi connectivity index (χ0v) is 28.9. The van der Waals surface area contributed by atoms with E-state index in [1.165, 1.54) is 37.8 Å². The predicted molar refractivity (Wildman–Crippen MR) is 172 cm³/mol. The first-order valence-corrected chi connectivity index (χ1v) is 17.7. The average Bonchev–Trinajstić information content (AvgIpc) is 3.53. The van der Waals surface area contributed by atoms with Crippen LogP contribution in [0.2, 0.25) is 0 Å². The van der Waals surface area contributed by atoms with Crippen molar-refractivity contribution in [3.05, 3.63) is 100 Å². The first kappa shape index (κ1) is 38.3. The van der Waals surface area contributed by atoms with Gasteiger partial charge in [-0.3, -0.25) is 9.59 Å². The van der Waals surface area contributed by atoms with Crippen LogP contribution in [0.3, 0.4) is 0 Å². The van der Waals surface area contributed by atoms with Crippen molar-refractivity contribution in [3.8, 4) is 0 Å². The lowest BCUT2D eigenvalue weighted by atomic mass is 9.88. The van der Waals surface area contributed by atoms with Gasteiger partial charge in [0.05, 0.1) is 11.5 Å². The van der Waals surface area contributed by atoms with E-state index in [2.05, 4.69) is 0 Å². The van der Waals surface area contributed by atoms with E-state index in [0.717, 1.165) is 36.4 Å². The van der Waals surface area contributed by atoms with Crippen LogP contribution in [-0.2, 0) is 41.1 Å². The van der Waals surface area contributed by atoms with E-state index in [0.29, 0.717) is 49.2 Å². The molecule has 5 rings (SSSR count). The SMILES string of the molecule is CC(=O)N1CCC(C(=O)N2CCC(c3ccc(C(OCc4c(C)cccc4C)(C(F)(F)F)C(F)(F)F)cc3)(S(=O)(=O)c3ccc(F)cc3)C2)CC1. The van der Waals surface area contributed by atoms with E-state index in [9.17, 15) is 48.7 Å². The normalized spacial score (nSPS) is 19.4. The van der Waals surface area contributed by atoms with E-state index < -0.39 is 63.0 Å². The van der Waals surface area contributed by atoms with Crippen LogP contribution in [0.15, 0.2) is 71.6 Å². The molecule has 2 saturated heterocycles. The zero-order chi connectivity index (χ0) is 37.6. The highest BCUT2D eigenvalue weighted by Crippen LogP contribution is 2.54. The molecule has 51 heavy (non-hydrogen) atoms. The van der Waals surface area contributed by atoms with Crippen molar-refractivity contribution in [1.82, 2.24) is 9.80 Å². The number of likely N-dealkylation sites (tertiary alicyclic amines) is 2. The Hall–Kier alpha value is -3.98. The van der Waals surface area contributed by atoms with Gasteiger partial charge < -0.3 is 14.5 Å². The molecule has 3 aromatic rings. The summed E-state index contributed by atoms with van der Waals surface area (Å²) >= 11 is 0. The van der Waals surface area contributed by atoms with Crippen LogP contribution in [0, 0.1) is 25.6 Å². The molecule has 1 unspecified atom stereocenters. The Labute approximate surface area is 291 Å². The minimum absolute atomic E-state index is 0.0815. The maximum atomic E-state index is 14.7. The van der Waals surface area contributed by atoms with E-state index in [4.69, 9.17) is 4.74 Å². The van der Waals surface area contributed by atoms with Crippen molar-refractivity contribution in [2.24, 2.45) is 5.92 Å². The van der Waals surface area contributed by atoms with Crippen LogP contribution in [0.1, 0.15) is 54.0 Å². The lowest BCUT2D eigenvalue weighted by molar-refractivity contribution is -0.392. The van der Waals surface area contributed by atoms with Gasteiger partial charge in [-0.15, -0.1) is 0 Å². The number of ether oxygens (including phenoxy) is 1. The van der Waals surface area contributed by atoms with Gasteiger partial charge in [-0.05, 0) is 79.6 Å². The van der Waals surface area contributed by atoms with E-state index in [1.807, 2.05) is 0 Å². The quantitative estimate of drug-likeness (QED) is 0.181. The number of rotatable bonds is 8. The third kappa shape index (κ3) is 6.86. The second-order valence-corrected chi connectivity index (χ2v) is 15.4. The van der Waals surface area contributed by atoms with Crippen LogP contribution in [0.5, 0.6) is 0 Å². The fourth-order valence-corrected chi connectivity index (χ4v) is 9.20. The lowest BCUT2D eigenvalue weighted by Crippen LogP contribution is -2.56. The molecule has 1 atom stereocenters. The number of nitrogens with zero attached hydrogens (tertiary/aromatic N) is 2. The van der Waals surface area contributed by atoms with Crippen molar-refractivity contribution < 1.29 is 53.5 Å². The molecule has 2 heterocycles. The summed E-state index contributed by atoms with van der Waals surface area (Å²) in [7, 11) is -4.54. The van der Waals surface area contributed by atoms with Gasteiger partial charge in [-0.1, -0.05) is 42.5 Å². The number of hydrogen-bond donors (Lipinski definition) is 0. The maximum absolute atomic E-state index is 14.7. The molecule has 2 amide bonds. The fourth-order valence-electron chi connectivity index (χ4n) is 7.12. The van der Waals surface area contributed by atoms with Crippen LogP contribution in [-0.4, -0.2) is 68.6 Å². The second-order valence-electron chi connectivity index (χ2n) is 13.2. The smallest absolute Gasteiger partial charge is 0.349 e. The number of amides is 2. The number of hydrogen-bond acceptors (Lipinski definition) is 5. The third-order valence-electron chi connectivity index (χ3n) is 10.2. The minimum atomic E-state index is -5.99. The number of alkyl halides is 6. The number of sulfone groups is 1. The van der Waals surface area contributed by atoms with Crippen molar-refractivity contribution in [2.45, 2.75) is 74.2 Å². The van der Waals surface area contributed by atoms with Crippen molar-refractivity contribution >= 4 is 21.7 Å². The highest BCUT2D eigenvalue weighted by atomic mass is 32.2. The fraction of sp³-hybridized carbons (Fsp3) is 0.444. The summed E-state index contributed by atoms with van der Waals surface area (Å²) in [6.07, 6.45) is -11.6. The summed E-state index contributed by atoms with van der Waals surface area (Å²) in [4.78, 5) is 28.0. The maximum Gasteiger partial charge on any atom is 0.430 e. The Morgan fingerprint density at radius 3 is 1.88 bits per heavy atom. The van der Waals surface area contributed by atoms with Crippen LogP contribution >= 0.6 is 0 Å². The number of carbonyl (C=O) groups excluding carboxylic acids is 2. The van der Waals surface area contributed by atoms with E-state index in [-0.39, 0.29) is 40.8 Å². The Bertz CT molecular complexity index is 1840. The van der Waals surface area contributed by atoms with Gasteiger partial charge in [0.25, 0.3) is 5.60 Å². The number of piperidine rings is 1. The monoisotopic (exact) mass is 742 g/mol. The number of aryl methyl sites for hydroxylation is 2. The summed E-state index contributed by atoms with van der Waals surface area (Å²) in [6.45, 7) is 3.58. The predicted octanol–water partition coefficient (Wildman–Crippen LogP) is 7.14. The topological polar surface area (TPSA) is 84.0 Å².